The van der Waals surface area contributed by atoms with Gasteiger partial charge in [-0.3, -0.25) is 9.48 Å². The average molecular weight is 576 g/mol. The van der Waals surface area contributed by atoms with E-state index in [9.17, 15) is 4.79 Å². The Labute approximate surface area is 244 Å². The van der Waals surface area contributed by atoms with Gasteiger partial charge in [-0.25, -0.2) is 4.98 Å². The normalized spacial score (nSPS) is 28.7. The van der Waals surface area contributed by atoms with Crippen molar-refractivity contribution in [2.24, 2.45) is 11.3 Å². The molecule has 4 heterocycles. The van der Waals surface area contributed by atoms with E-state index in [0.29, 0.717) is 30.5 Å². The van der Waals surface area contributed by atoms with E-state index in [2.05, 4.69) is 42.4 Å². The molecule has 0 spiro atoms. The molecule has 39 heavy (non-hydrogen) atoms. The monoisotopic (exact) mass is 574 g/mol. The molecule has 6 rings (SSSR count). The molecule has 3 atom stereocenters. The lowest BCUT2D eigenvalue weighted by Crippen LogP contribution is -2.59. The Morgan fingerprint density at radius 1 is 1.03 bits per heavy atom. The molecule has 1 aromatic carbocycles. The molecule has 1 amide bonds. The van der Waals surface area contributed by atoms with Crippen LogP contribution in [-0.4, -0.2) is 62.8 Å². The Kier molecular flexibility index (Phi) is 9.53. The number of halogens is 2. The van der Waals surface area contributed by atoms with Crippen LogP contribution in [0.5, 0.6) is 0 Å². The molecule has 2 aromatic rings. The molecule has 2 unspecified atom stereocenters. The van der Waals surface area contributed by atoms with Crippen molar-refractivity contribution in [3.8, 4) is 0 Å². The molecule has 4 fully saturated rings. The highest BCUT2D eigenvalue weighted by Crippen LogP contribution is 2.54. The van der Waals surface area contributed by atoms with Gasteiger partial charge in [-0.2, -0.15) is 5.10 Å². The van der Waals surface area contributed by atoms with Crippen LogP contribution in [0.3, 0.4) is 0 Å². The number of carbonyl (C=O) groups excluding carboxylic acids is 1. The number of fused-ring (bicyclic) bond motifs is 2. The van der Waals surface area contributed by atoms with Crippen LogP contribution in [0.1, 0.15) is 76.2 Å². The van der Waals surface area contributed by atoms with Gasteiger partial charge in [0.15, 0.2) is 0 Å². The van der Waals surface area contributed by atoms with Crippen molar-refractivity contribution in [1.82, 2.24) is 30.3 Å². The van der Waals surface area contributed by atoms with Crippen molar-refractivity contribution in [2.45, 2.75) is 108 Å². The Bertz CT molecular complexity index is 1040. The number of benzene rings is 1. The molecule has 2 bridgehead atoms. The number of hydrogen-bond donors (Lipinski definition) is 2. The summed E-state index contributed by atoms with van der Waals surface area (Å²) in [5, 5.41) is 12.5. The zero-order valence-electron chi connectivity index (χ0n) is 22.9. The van der Waals surface area contributed by atoms with Crippen LogP contribution in [0, 0.1) is 11.3 Å². The summed E-state index contributed by atoms with van der Waals surface area (Å²) < 4.78 is 2.06. The Morgan fingerprint density at radius 3 is 2.36 bits per heavy atom. The summed E-state index contributed by atoms with van der Waals surface area (Å²) in [6, 6.07) is 8.87. The summed E-state index contributed by atoms with van der Waals surface area (Å²) in [5.41, 5.74) is 1.38. The predicted octanol–water partition coefficient (Wildman–Crippen LogP) is 5.03. The highest BCUT2D eigenvalue weighted by atomic mass is 35.5. The fraction of sp³-hybridized carbons (Fsp3) is 0.700. The summed E-state index contributed by atoms with van der Waals surface area (Å²) in [6.07, 6.45) is 17.5. The molecule has 0 radical (unpaired) electrons. The topological polar surface area (TPSA) is 75.1 Å². The molecule has 3 aliphatic heterocycles. The number of rotatable bonds is 8. The van der Waals surface area contributed by atoms with Gasteiger partial charge in [0.05, 0.1) is 6.04 Å². The lowest BCUT2D eigenvalue weighted by Gasteiger charge is -2.52. The van der Waals surface area contributed by atoms with Crippen molar-refractivity contribution < 1.29 is 4.79 Å². The molecule has 9 heteroatoms. The Hall–Kier alpha value is -1.67. The maximum absolute atomic E-state index is 14.4. The van der Waals surface area contributed by atoms with Gasteiger partial charge in [-0.05, 0) is 99.9 Å². The van der Waals surface area contributed by atoms with Crippen LogP contribution in [0.15, 0.2) is 36.9 Å². The van der Waals surface area contributed by atoms with Crippen LogP contribution < -0.4 is 10.6 Å². The molecule has 1 saturated carbocycles. The first-order valence-electron chi connectivity index (χ1n) is 15.0. The van der Waals surface area contributed by atoms with Gasteiger partial charge < -0.3 is 15.5 Å². The van der Waals surface area contributed by atoms with E-state index in [1.54, 1.807) is 6.33 Å². The molecule has 214 valence electrons. The highest BCUT2D eigenvalue weighted by Gasteiger charge is 2.53. The van der Waals surface area contributed by atoms with E-state index in [1.165, 1.54) is 37.7 Å². The fourth-order valence-electron chi connectivity index (χ4n) is 8.21. The number of nitrogens with zero attached hydrogens (tertiary/aromatic N) is 4. The number of nitrogens with one attached hydrogen (secondary N) is 2. The first kappa shape index (κ1) is 28.8. The minimum absolute atomic E-state index is 0. The molecule has 1 aromatic heterocycles. The van der Waals surface area contributed by atoms with Gasteiger partial charge in [0, 0.05) is 29.7 Å². The molecular formula is C30H44Cl2N6O. The van der Waals surface area contributed by atoms with E-state index in [1.807, 2.05) is 18.5 Å². The average Bonchev–Trinajstić information content (AvgIpc) is 3.55. The number of hydrogen-bond acceptors (Lipinski definition) is 5. The minimum Gasteiger partial charge on any atom is -0.335 e. The Balaban J connectivity index is 0.00000308. The maximum Gasteiger partial charge on any atom is 0.240 e. The van der Waals surface area contributed by atoms with Crippen LogP contribution in [0.4, 0.5) is 0 Å². The third-order valence-corrected chi connectivity index (χ3v) is 10.3. The van der Waals surface area contributed by atoms with Gasteiger partial charge in [-0.15, -0.1) is 12.4 Å². The lowest BCUT2D eigenvalue weighted by molar-refractivity contribution is -0.142. The fourth-order valence-corrected chi connectivity index (χ4v) is 8.34. The molecular weight excluding hydrogens is 531 g/mol. The second kappa shape index (κ2) is 12.9. The summed E-state index contributed by atoms with van der Waals surface area (Å²) in [6.45, 7) is 2.97. The van der Waals surface area contributed by atoms with Crippen molar-refractivity contribution in [3.63, 3.8) is 0 Å². The molecule has 1 aliphatic carbocycles. The SMILES string of the molecule is Cl.O=C([C@@H](Cc1ccc(Cl)cc1)NC1CCNCC1)N1C2CCC1CC(Cn1cncn1)(C1CCCCC1)C2. The van der Waals surface area contributed by atoms with Gasteiger partial charge in [-0.1, -0.05) is 43.0 Å². The van der Waals surface area contributed by atoms with E-state index in [4.69, 9.17) is 11.6 Å². The van der Waals surface area contributed by atoms with Crippen LogP contribution in [0.25, 0.3) is 0 Å². The first-order valence-corrected chi connectivity index (χ1v) is 15.3. The van der Waals surface area contributed by atoms with E-state index >= 15 is 0 Å². The standard InChI is InChI=1S/C30H43ClN6O.ClH/c31-24-8-6-22(7-9-24)16-28(35-25-12-14-32-15-13-25)29(38)37-26-10-11-27(37)18-30(17-26,19-36-21-33-20-34-36)23-4-2-1-3-5-23;/h6-9,20-21,23,25-28,32,35H,1-5,10-19H2;1H/t26?,27?,28-,30?;/m1./s1. The zero-order valence-corrected chi connectivity index (χ0v) is 24.5. The maximum atomic E-state index is 14.4. The molecule has 3 saturated heterocycles. The quantitative estimate of drug-likeness (QED) is 0.462. The van der Waals surface area contributed by atoms with E-state index in [-0.39, 0.29) is 23.9 Å². The predicted molar refractivity (Wildman–Crippen MR) is 157 cm³/mol. The van der Waals surface area contributed by atoms with Crippen molar-refractivity contribution in [2.75, 3.05) is 13.1 Å². The summed E-state index contributed by atoms with van der Waals surface area (Å²) in [5.74, 6) is 1.03. The van der Waals surface area contributed by atoms with E-state index in [0.717, 1.165) is 69.1 Å². The Morgan fingerprint density at radius 2 is 1.72 bits per heavy atom. The number of amides is 1. The van der Waals surface area contributed by atoms with Crippen molar-refractivity contribution in [1.29, 1.82) is 0 Å². The van der Waals surface area contributed by atoms with Crippen molar-refractivity contribution >= 4 is 29.9 Å². The first-order chi connectivity index (χ1) is 18.6. The summed E-state index contributed by atoms with van der Waals surface area (Å²) in [4.78, 5) is 21.0. The van der Waals surface area contributed by atoms with Crippen LogP contribution in [-0.2, 0) is 17.8 Å². The van der Waals surface area contributed by atoms with Crippen LogP contribution in [0.2, 0.25) is 5.02 Å². The molecule has 7 nitrogen and oxygen atoms in total. The highest BCUT2D eigenvalue weighted by molar-refractivity contribution is 6.30. The van der Waals surface area contributed by atoms with Crippen molar-refractivity contribution in [3.05, 3.63) is 47.5 Å². The van der Waals surface area contributed by atoms with Gasteiger partial charge in [0.2, 0.25) is 5.91 Å². The second-order valence-electron chi connectivity index (χ2n) is 12.4. The van der Waals surface area contributed by atoms with Gasteiger partial charge >= 0.3 is 0 Å². The third kappa shape index (κ3) is 6.47. The lowest BCUT2D eigenvalue weighted by atomic mass is 9.62. The summed E-state index contributed by atoms with van der Waals surface area (Å²) >= 11 is 6.17. The smallest absolute Gasteiger partial charge is 0.240 e. The minimum atomic E-state index is -0.195. The second-order valence-corrected chi connectivity index (χ2v) is 12.8. The zero-order chi connectivity index (χ0) is 26.0. The number of aromatic nitrogens is 3. The third-order valence-electron chi connectivity index (χ3n) is 10.0. The summed E-state index contributed by atoms with van der Waals surface area (Å²) in [7, 11) is 0. The molecule has 4 aliphatic rings. The number of carbonyl (C=O) groups is 1. The van der Waals surface area contributed by atoms with E-state index < -0.39 is 0 Å². The van der Waals surface area contributed by atoms with Gasteiger partial charge in [0.25, 0.3) is 0 Å². The molecule has 2 N–H and O–H groups in total. The van der Waals surface area contributed by atoms with Crippen LogP contribution >= 0.6 is 24.0 Å². The van der Waals surface area contributed by atoms with Gasteiger partial charge in [0.1, 0.15) is 12.7 Å². The number of piperidine rings is 2. The largest absolute Gasteiger partial charge is 0.335 e.